The van der Waals surface area contributed by atoms with E-state index < -0.39 is 10.8 Å². The minimum Gasteiger partial charge on any atom is -0.484 e. The molecule has 0 saturated heterocycles. The highest BCUT2D eigenvalue weighted by Gasteiger charge is 2.15. The van der Waals surface area contributed by atoms with Gasteiger partial charge in [0.1, 0.15) is 18.1 Å². The van der Waals surface area contributed by atoms with Gasteiger partial charge in [0.2, 0.25) is 0 Å². The lowest BCUT2D eigenvalue weighted by molar-refractivity contribution is -0.384. The molecule has 1 N–H and O–H groups in total. The Morgan fingerprint density at radius 2 is 2.09 bits per heavy atom. The summed E-state index contributed by atoms with van der Waals surface area (Å²) in [5.41, 5.74) is 2.51. The van der Waals surface area contributed by atoms with Gasteiger partial charge in [0.25, 0.3) is 11.6 Å². The summed E-state index contributed by atoms with van der Waals surface area (Å²) in [7, 11) is 0. The van der Waals surface area contributed by atoms with E-state index in [1.165, 1.54) is 24.3 Å². The lowest BCUT2D eigenvalue weighted by atomic mass is 10.2. The number of carbonyl (C=O) groups is 1. The maximum absolute atomic E-state index is 12.5. The van der Waals surface area contributed by atoms with E-state index in [4.69, 9.17) is 20.8 Å². The highest BCUT2D eigenvalue weighted by Crippen LogP contribution is 2.29. The second-order valence-corrected chi connectivity index (χ2v) is 7.79. The Morgan fingerprint density at radius 3 is 2.79 bits per heavy atom. The van der Waals surface area contributed by atoms with Gasteiger partial charge in [-0.15, -0.1) is 0 Å². The molecule has 0 bridgehead atoms. The average Bonchev–Trinajstić information content (AvgIpc) is 3.54. The first-order valence-corrected chi connectivity index (χ1v) is 10.7. The van der Waals surface area contributed by atoms with Gasteiger partial charge >= 0.3 is 0 Å². The zero-order valence-electron chi connectivity index (χ0n) is 18.4. The fourth-order valence-electron chi connectivity index (χ4n) is 3.29. The van der Waals surface area contributed by atoms with Gasteiger partial charge in [0, 0.05) is 36.1 Å². The largest absolute Gasteiger partial charge is 0.484 e. The van der Waals surface area contributed by atoms with Crippen molar-refractivity contribution in [2.75, 3.05) is 5.32 Å². The molecule has 0 spiro atoms. The lowest BCUT2D eigenvalue weighted by Crippen LogP contribution is -2.10. The van der Waals surface area contributed by atoms with Crippen LogP contribution in [0.3, 0.4) is 0 Å². The van der Waals surface area contributed by atoms with Crippen molar-refractivity contribution in [1.82, 2.24) is 19.6 Å². The predicted molar refractivity (Wildman–Crippen MR) is 123 cm³/mol. The molecule has 4 aromatic rings. The molecule has 3 heterocycles. The molecule has 0 unspecified atom stereocenters. The topological polar surface area (TPSA) is 130 Å². The number of amides is 1. The molecule has 0 aliphatic rings. The number of rotatable bonds is 9. The Morgan fingerprint density at radius 1 is 1.26 bits per heavy atom. The van der Waals surface area contributed by atoms with Crippen LogP contribution in [0.25, 0.3) is 0 Å². The molecule has 176 valence electrons. The third kappa shape index (κ3) is 5.09. The van der Waals surface area contributed by atoms with Crippen LogP contribution in [0.4, 0.5) is 11.4 Å². The smallest absolute Gasteiger partial charge is 0.291 e. The average molecular weight is 485 g/mol. The minimum absolute atomic E-state index is 0.00641. The second-order valence-electron chi connectivity index (χ2n) is 7.38. The number of furan rings is 1. The quantitative estimate of drug-likeness (QED) is 0.274. The van der Waals surface area contributed by atoms with Gasteiger partial charge < -0.3 is 14.5 Å². The summed E-state index contributed by atoms with van der Waals surface area (Å²) in [6, 6.07) is 7.03. The monoisotopic (exact) mass is 484 g/mol. The third-order valence-corrected chi connectivity index (χ3v) is 5.40. The summed E-state index contributed by atoms with van der Waals surface area (Å²) in [5.74, 6) is 0.316. The summed E-state index contributed by atoms with van der Waals surface area (Å²) in [6.45, 7) is 5.36. The Bertz CT molecular complexity index is 1340. The normalized spacial score (nSPS) is 10.9. The van der Waals surface area contributed by atoms with Crippen molar-refractivity contribution >= 4 is 28.9 Å². The fraction of sp³-hybridized carbons (Fsp3) is 0.227. The number of nitrogens with zero attached hydrogens (tertiary/aromatic N) is 5. The molecule has 0 radical (unpaired) electrons. The summed E-state index contributed by atoms with van der Waals surface area (Å²) < 4.78 is 14.7. The number of anilines is 1. The Labute approximate surface area is 199 Å². The van der Waals surface area contributed by atoms with Crippen LogP contribution in [0.5, 0.6) is 5.75 Å². The van der Waals surface area contributed by atoms with Gasteiger partial charge in [0.05, 0.1) is 34.6 Å². The van der Waals surface area contributed by atoms with E-state index in [0.717, 1.165) is 17.8 Å². The summed E-state index contributed by atoms with van der Waals surface area (Å²) in [4.78, 5) is 22.8. The van der Waals surface area contributed by atoms with Crippen molar-refractivity contribution in [3.63, 3.8) is 0 Å². The summed E-state index contributed by atoms with van der Waals surface area (Å²) in [5, 5.41) is 22.3. The van der Waals surface area contributed by atoms with Crippen LogP contribution in [0.15, 0.2) is 53.3 Å². The molecular weight excluding hydrogens is 464 g/mol. The van der Waals surface area contributed by atoms with Gasteiger partial charge in [-0.2, -0.15) is 10.2 Å². The fourth-order valence-corrected chi connectivity index (χ4v) is 3.52. The molecule has 12 heteroatoms. The maximum Gasteiger partial charge on any atom is 0.291 e. The first-order chi connectivity index (χ1) is 16.3. The van der Waals surface area contributed by atoms with Gasteiger partial charge in [-0.3, -0.25) is 24.3 Å². The Balaban J connectivity index is 1.34. The van der Waals surface area contributed by atoms with Gasteiger partial charge in [-0.05, 0) is 32.0 Å². The number of hydrogen-bond acceptors (Lipinski definition) is 7. The molecular formula is C22H21ClN6O5. The van der Waals surface area contributed by atoms with Crippen molar-refractivity contribution in [2.24, 2.45) is 0 Å². The number of aromatic nitrogens is 4. The molecule has 0 aliphatic carbocycles. The van der Waals surface area contributed by atoms with Crippen LogP contribution in [-0.2, 0) is 19.7 Å². The number of hydrogen-bond donors (Lipinski definition) is 1. The molecule has 1 aromatic carbocycles. The lowest BCUT2D eigenvalue weighted by Gasteiger charge is -2.06. The standard InChI is InChI=1S/C22H21ClN6O5/c1-3-28-14(2)15(9-25-28)11-27-12-16(10-24-27)26-22(30)21-7-5-18(34-21)13-33-20-6-4-17(29(31)32)8-19(20)23/h4-10,12H,3,11,13H2,1-2H3,(H,26,30). The van der Waals surface area contributed by atoms with Crippen molar-refractivity contribution in [3.8, 4) is 5.75 Å². The number of nitro groups is 1. The SMILES string of the molecule is CCn1ncc(Cn2cc(NC(=O)c3ccc(COc4ccc([N+](=O)[O-])cc4Cl)o3)cn2)c1C. The molecule has 11 nitrogen and oxygen atoms in total. The van der Waals surface area contributed by atoms with Crippen molar-refractivity contribution < 1.29 is 18.9 Å². The Kier molecular flexibility index (Phi) is 6.64. The highest BCUT2D eigenvalue weighted by atomic mass is 35.5. The Hall–Kier alpha value is -4.12. The number of nitro benzene ring substituents is 1. The predicted octanol–water partition coefficient (Wildman–Crippen LogP) is 4.44. The molecule has 0 atom stereocenters. The minimum atomic E-state index is -0.544. The van der Waals surface area contributed by atoms with E-state index in [9.17, 15) is 14.9 Å². The van der Waals surface area contributed by atoms with Crippen molar-refractivity contribution in [3.05, 3.63) is 86.8 Å². The van der Waals surface area contributed by atoms with E-state index in [2.05, 4.69) is 15.5 Å². The number of halogens is 1. The van der Waals surface area contributed by atoms with E-state index in [1.807, 2.05) is 24.7 Å². The number of non-ortho nitro benzene ring substituents is 1. The van der Waals surface area contributed by atoms with Gasteiger partial charge in [0.15, 0.2) is 5.76 Å². The molecule has 0 aliphatic heterocycles. The molecule has 4 rings (SSSR count). The second kappa shape index (κ2) is 9.79. The van der Waals surface area contributed by atoms with Crippen LogP contribution < -0.4 is 10.1 Å². The number of benzene rings is 1. The van der Waals surface area contributed by atoms with Gasteiger partial charge in [-0.25, -0.2) is 0 Å². The summed E-state index contributed by atoms with van der Waals surface area (Å²) >= 11 is 6.02. The van der Waals surface area contributed by atoms with E-state index in [0.29, 0.717) is 18.0 Å². The molecule has 3 aromatic heterocycles. The zero-order chi connectivity index (χ0) is 24.2. The van der Waals surface area contributed by atoms with Crippen molar-refractivity contribution in [1.29, 1.82) is 0 Å². The van der Waals surface area contributed by atoms with Crippen LogP contribution >= 0.6 is 11.6 Å². The summed E-state index contributed by atoms with van der Waals surface area (Å²) in [6.07, 6.45) is 5.10. The molecule has 0 fully saturated rings. The molecule has 1 amide bonds. The number of nitrogens with one attached hydrogen (secondary N) is 1. The highest BCUT2D eigenvalue weighted by molar-refractivity contribution is 6.32. The van der Waals surface area contributed by atoms with Crippen LogP contribution in [0.1, 0.15) is 34.5 Å². The number of carbonyl (C=O) groups excluding carboxylic acids is 1. The maximum atomic E-state index is 12.5. The first kappa shape index (κ1) is 23.1. The van der Waals surface area contributed by atoms with E-state index >= 15 is 0 Å². The number of aryl methyl sites for hydroxylation is 1. The van der Waals surface area contributed by atoms with E-state index in [-0.39, 0.29) is 28.8 Å². The van der Waals surface area contributed by atoms with Gasteiger partial charge in [-0.1, -0.05) is 11.6 Å². The first-order valence-electron chi connectivity index (χ1n) is 10.3. The van der Waals surface area contributed by atoms with E-state index in [1.54, 1.807) is 23.1 Å². The number of ether oxygens (including phenoxy) is 1. The zero-order valence-corrected chi connectivity index (χ0v) is 19.2. The molecule has 34 heavy (non-hydrogen) atoms. The molecule has 0 saturated carbocycles. The van der Waals surface area contributed by atoms with Crippen LogP contribution in [0.2, 0.25) is 5.02 Å². The third-order valence-electron chi connectivity index (χ3n) is 5.11. The van der Waals surface area contributed by atoms with Crippen LogP contribution in [-0.4, -0.2) is 30.4 Å². The van der Waals surface area contributed by atoms with Crippen molar-refractivity contribution in [2.45, 2.75) is 33.5 Å². The van der Waals surface area contributed by atoms with Crippen LogP contribution in [0, 0.1) is 17.0 Å².